The molecular formula is C15H21N3O4. The van der Waals surface area contributed by atoms with Crippen molar-refractivity contribution in [2.45, 2.75) is 50.3 Å². The minimum atomic E-state index is -0.986. The van der Waals surface area contributed by atoms with Gasteiger partial charge in [0.15, 0.2) is 0 Å². The highest BCUT2D eigenvalue weighted by molar-refractivity contribution is 5.95. The number of ether oxygens (including phenoxy) is 1. The van der Waals surface area contributed by atoms with Crippen molar-refractivity contribution in [2.24, 2.45) is 0 Å². The number of hydrogen-bond donors (Lipinski definition) is 1. The fourth-order valence-electron chi connectivity index (χ4n) is 3.50. The van der Waals surface area contributed by atoms with Crippen LogP contribution in [0.25, 0.3) is 0 Å². The Morgan fingerprint density at radius 3 is 2.73 bits per heavy atom. The Bertz CT molecular complexity index is 565. The Morgan fingerprint density at radius 1 is 1.36 bits per heavy atom. The predicted octanol–water partition coefficient (Wildman–Crippen LogP) is 1.31. The van der Waals surface area contributed by atoms with Crippen LogP contribution in [0.2, 0.25) is 0 Å². The number of likely N-dealkylation sites (tertiary alicyclic amines) is 1. The van der Waals surface area contributed by atoms with Gasteiger partial charge in [0.25, 0.3) is 5.91 Å². The van der Waals surface area contributed by atoms with Crippen LogP contribution in [-0.2, 0) is 9.53 Å². The van der Waals surface area contributed by atoms with Gasteiger partial charge in [-0.05, 0) is 18.9 Å². The molecule has 2 heterocycles. The third kappa shape index (κ3) is 2.61. The highest BCUT2D eigenvalue weighted by Crippen LogP contribution is 2.31. The molecule has 1 aromatic heterocycles. The normalized spacial score (nSPS) is 25.8. The van der Waals surface area contributed by atoms with E-state index in [-0.39, 0.29) is 18.1 Å². The highest BCUT2D eigenvalue weighted by Gasteiger charge is 2.41. The molecular weight excluding hydrogens is 286 g/mol. The minimum absolute atomic E-state index is 0.229. The average Bonchev–Trinajstić information content (AvgIpc) is 3.23. The fraction of sp³-hybridized carbons (Fsp3) is 0.667. The molecule has 7 heteroatoms. The van der Waals surface area contributed by atoms with E-state index in [0.29, 0.717) is 18.7 Å². The quantitative estimate of drug-likeness (QED) is 0.906. The fourth-order valence-corrected chi connectivity index (χ4v) is 3.50. The van der Waals surface area contributed by atoms with E-state index in [0.717, 1.165) is 25.7 Å². The van der Waals surface area contributed by atoms with Gasteiger partial charge < -0.3 is 14.7 Å². The number of carbonyl (C=O) groups is 2. The maximum Gasteiger partial charge on any atom is 0.326 e. The van der Waals surface area contributed by atoms with Crippen molar-refractivity contribution in [3.05, 3.63) is 18.0 Å². The van der Waals surface area contributed by atoms with Crippen LogP contribution in [0.1, 0.15) is 48.6 Å². The van der Waals surface area contributed by atoms with Gasteiger partial charge in [0.2, 0.25) is 0 Å². The first kappa shape index (κ1) is 15.0. The van der Waals surface area contributed by atoms with E-state index in [1.54, 1.807) is 24.1 Å². The van der Waals surface area contributed by atoms with E-state index in [4.69, 9.17) is 4.74 Å². The van der Waals surface area contributed by atoms with Gasteiger partial charge in [0.05, 0.1) is 12.1 Å². The van der Waals surface area contributed by atoms with E-state index in [2.05, 4.69) is 5.10 Å². The zero-order valence-electron chi connectivity index (χ0n) is 12.6. The second kappa shape index (κ2) is 6.08. The van der Waals surface area contributed by atoms with E-state index in [9.17, 15) is 14.7 Å². The Morgan fingerprint density at radius 2 is 2.09 bits per heavy atom. The third-order valence-corrected chi connectivity index (χ3v) is 4.70. The number of aliphatic carboxylic acids is 1. The van der Waals surface area contributed by atoms with E-state index < -0.39 is 12.0 Å². The van der Waals surface area contributed by atoms with E-state index in [1.165, 1.54) is 4.90 Å². The van der Waals surface area contributed by atoms with E-state index in [1.807, 2.05) is 0 Å². The number of rotatable bonds is 4. The predicted molar refractivity (Wildman–Crippen MR) is 77.6 cm³/mol. The summed E-state index contributed by atoms with van der Waals surface area (Å²) in [6, 6.07) is 1.10. The molecule has 7 nitrogen and oxygen atoms in total. The van der Waals surface area contributed by atoms with Gasteiger partial charge >= 0.3 is 5.97 Å². The first-order valence-electron chi connectivity index (χ1n) is 7.72. The van der Waals surface area contributed by atoms with Gasteiger partial charge in [-0.3, -0.25) is 9.48 Å². The first-order valence-corrected chi connectivity index (χ1v) is 7.72. The minimum Gasteiger partial charge on any atom is -0.480 e. The molecule has 1 amide bonds. The molecule has 3 rings (SSSR count). The standard InChI is InChI=1S/C15H21N3O4/c1-22-11-8-13(15(20)21)17(9-11)14(19)12-6-7-16-18(12)10-4-2-3-5-10/h6-7,10-11,13H,2-5,8-9H2,1H3,(H,20,21). The number of aromatic nitrogens is 2. The molecule has 1 aliphatic carbocycles. The molecule has 22 heavy (non-hydrogen) atoms. The molecule has 1 saturated carbocycles. The summed E-state index contributed by atoms with van der Waals surface area (Å²) < 4.78 is 7.01. The van der Waals surface area contributed by atoms with Gasteiger partial charge in [-0.25, -0.2) is 4.79 Å². The SMILES string of the molecule is COC1CC(C(=O)O)N(C(=O)c2ccnn2C2CCCC2)C1. The third-order valence-electron chi connectivity index (χ3n) is 4.70. The van der Waals surface area contributed by atoms with Crippen LogP contribution in [-0.4, -0.2) is 57.5 Å². The number of methoxy groups -OCH3 is 1. The number of carboxylic acids is 1. The molecule has 1 aliphatic heterocycles. The molecule has 0 aromatic carbocycles. The number of amides is 1. The first-order chi connectivity index (χ1) is 10.6. The molecule has 0 radical (unpaired) electrons. The summed E-state index contributed by atoms with van der Waals surface area (Å²) in [4.78, 5) is 25.6. The summed E-state index contributed by atoms with van der Waals surface area (Å²) in [6.45, 7) is 0.308. The molecule has 0 spiro atoms. The largest absolute Gasteiger partial charge is 0.480 e. The molecule has 2 unspecified atom stereocenters. The Labute approximate surface area is 128 Å². The summed E-state index contributed by atoms with van der Waals surface area (Å²) >= 11 is 0. The van der Waals surface area contributed by atoms with Crippen molar-refractivity contribution >= 4 is 11.9 Å². The highest BCUT2D eigenvalue weighted by atomic mass is 16.5. The summed E-state index contributed by atoms with van der Waals surface area (Å²) in [7, 11) is 1.54. The van der Waals surface area contributed by atoms with Crippen molar-refractivity contribution in [3.63, 3.8) is 0 Å². The zero-order chi connectivity index (χ0) is 15.7. The average molecular weight is 307 g/mol. The lowest BCUT2D eigenvalue weighted by molar-refractivity contribution is -0.141. The van der Waals surface area contributed by atoms with Crippen LogP contribution in [0.4, 0.5) is 0 Å². The summed E-state index contributed by atoms with van der Waals surface area (Å²) in [5, 5.41) is 13.6. The summed E-state index contributed by atoms with van der Waals surface area (Å²) in [6.07, 6.45) is 6.04. The molecule has 2 aliphatic rings. The zero-order valence-corrected chi connectivity index (χ0v) is 12.6. The Balaban J connectivity index is 1.84. The van der Waals surface area contributed by atoms with Crippen molar-refractivity contribution in [1.82, 2.24) is 14.7 Å². The second-order valence-electron chi connectivity index (χ2n) is 6.00. The van der Waals surface area contributed by atoms with Crippen LogP contribution < -0.4 is 0 Å². The van der Waals surface area contributed by atoms with Crippen LogP contribution >= 0.6 is 0 Å². The number of nitrogens with zero attached hydrogens (tertiary/aromatic N) is 3. The van der Waals surface area contributed by atoms with Crippen LogP contribution in [0, 0.1) is 0 Å². The van der Waals surface area contributed by atoms with Crippen molar-refractivity contribution in [3.8, 4) is 0 Å². The van der Waals surface area contributed by atoms with Crippen LogP contribution in [0.5, 0.6) is 0 Å². The smallest absolute Gasteiger partial charge is 0.326 e. The summed E-state index contributed by atoms with van der Waals surface area (Å²) in [5.74, 6) is -1.25. The van der Waals surface area contributed by atoms with Gasteiger partial charge in [0.1, 0.15) is 11.7 Å². The van der Waals surface area contributed by atoms with Gasteiger partial charge in [-0.15, -0.1) is 0 Å². The number of carbonyl (C=O) groups excluding carboxylic acids is 1. The lowest BCUT2D eigenvalue weighted by atomic mass is 10.2. The summed E-state index contributed by atoms with van der Waals surface area (Å²) in [5.41, 5.74) is 0.481. The molecule has 120 valence electrons. The molecule has 1 aromatic rings. The number of hydrogen-bond acceptors (Lipinski definition) is 4. The van der Waals surface area contributed by atoms with Gasteiger partial charge in [-0.2, -0.15) is 5.10 Å². The van der Waals surface area contributed by atoms with Crippen LogP contribution in [0.3, 0.4) is 0 Å². The molecule has 1 N–H and O–H groups in total. The van der Waals surface area contributed by atoms with Crippen molar-refractivity contribution in [1.29, 1.82) is 0 Å². The van der Waals surface area contributed by atoms with E-state index >= 15 is 0 Å². The lowest BCUT2D eigenvalue weighted by Gasteiger charge is -2.23. The molecule has 2 fully saturated rings. The van der Waals surface area contributed by atoms with Gasteiger partial charge in [-0.1, -0.05) is 12.8 Å². The monoisotopic (exact) mass is 307 g/mol. The second-order valence-corrected chi connectivity index (χ2v) is 6.00. The number of carboxylic acid groups (broad SMARTS) is 1. The molecule has 1 saturated heterocycles. The maximum atomic E-state index is 12.8. The Kier molecular flexibility index (Phi) is 4.15. The maximum absolute atomic E-state index is 12.8. The van der Waals surface area contributed by atoms with Crippen LogP contribution in [0.15, 0.2) is 12.3 Å². The van der Waals surface area contributed by atoms with Crippen molar-refractivity contribution in [2.75, 3.05) is 13.7 Å². The molecule has 2 atom stereocenters. The molecule has 0 bridgehead atoms. The Hall–Kier alpha value is -1.89. The lowest BCUT2D eigenvalue weighted by Crippen LogP contribution is -2.41. The van der Waals surface area contributed by atoms with Crippen molar-refractivity contribution < 1.29 is 19.4 Å². The van der Waals surface area contributed by atoms with Gasteiger partial charge in [0, 0.05) is 26.3 Å². The topological polar surface area (TPSA) is 84.7 Å².